The molecule has 70 valence electrons. The molecule has 0 aliphatic rings. The fraction of sp³-hybridized carbons (Fsp3) is 0.143. The molecule has 0 spiro atoms. The van der Waals surface area contributed by atoms with Crippen LogP contribution in [0.2, 0.25) is 0 Å². The normalized spacial score (nSPS) is 9.77. The van der Waals surface area contributed by atoms with Gasteiger partial charge in [-0.3, -0.25) is 0 Å². The van der Waals surface area contributed by atoms with Crippen LogP contribution in [0.15, 0.2) is 10.7 Å². The van der Waals surface area contributed by atoms with E-state index in [1.165, 1.54) is 6.20 Å². The lowest BCUT2D eigenvalue weighted by Gasteiger charge is -2.04. The van der Waals surface area contributed by atoms with Crippen LogP contribution in [-0.2, 0) is 4.74 Å². The van der Waals surface area contributed by atoms with Gasteiger partial charge in [-0.25, -0.2) is 14.2 Å². The molecule has 4 nitrogen and oxygen atoms in total. The van der Waals surface area contributed by atoms with E-state index in [-0.39, 0.29) is 15.9 Å². The van der Waals surface area contributed by atoms with Crippen molar-refractivity contribution in [1.82, 2.24) is 4.98 Å². The fourth-order valence-corrected chi connectivity index (χ4v) is 1.08. The Bertz CT molecular complexity index is 357. The minimum absolute atomic E-state index is 0.0714. The van der Waals surface area contributed by atoms with E-state index < -0.39 is 11.8 Å². The third-order valence-electron chi connectivity index (χ3n) is 1.39. The first-order valence-corrected chi connectivity index (χ1v) is 4.05. The van der Waals surface area contributed by atoms with Crippen LogP contribution in [0.3, 0.4) is 0 Å². The third-order valence-corrected chi connectivity index (χ3v) is 1.94. The Morgan fingerprint density at radius 3 is 2.92 bits per heavy atom. The van der Waals surface area contributed by atoms with E-state index in [1.54, 1.807) is 0 Å². The molecule has 0 unspecified atom stereocenters. The number of nitrogen functional groups attached to an aromatic ring is 1. The number of halogens is 2. The number of pyridine rings is 1. The Kier molecular flexibility index (Phi) is 2.82. The lowest BCUT2D eigenvalue weighted by molar-refractivity contribution is 0.0596. The topological polar surface area (TPSA) is 65.2 Å². The number of hydrogen-bond acceptors (Lipinski definition) is 4. The molecule has 1 aromatic heterocycles. The zero-order valence-corrected chi connectivity index (χ0v) is 8.26. The minimum Gasteiger partial charge on any atom is -0.465 e. The van der Waals surface area contributed by atoms with Gasteiger partial charge >= 0.3 is 5.97 Å². The van der Waals surface area contributed by atoms with Crippen LogP contribution in [0.5, 0.6) is 0 Å². The number of methoxy groups -OCH3 is 1. The molecule has 0 fully saturated rings. The van der Waals surface area contributed by atoms with E-state index in [2.05, 4.69) is 25.7 Å². The molecular weight excluding hydrogens is 243 g/mol. The van der Waals surface area contributed by atoms with Crippen molar-refractivity contribution in [2.24, 2.45) is 0 Å². The maximum Gasteiger partial charge on any atom is 0.344 e. The molecule has 2 N–H and O–H groups in total. The van der Waals surface area contributed by atoms with Gasteiger partial charge < -0.3 is 10.5 Å². The van der Waals surface area contributed by atoms with Crippen molar-refractivity contribution in [3.8, 4) is 0 Å². The molecule has 0 bridgehead atoms. The van der Waals surface area contributed by atoms with Crippen molar-refractivity contribution in [3.63, 3.8) is 0 Å². The van der Waals surface area contributed by atoms with Gasteiger partial charge in [-0.15, -0.1) is 0 Å². The molecule has 0 aliphatic carbocycles. The SMILES string of the molecule is COC(=O)c1c(N)ncc(Br)c1F. The van der Waals surface area contributed by atoms with Gasteiger partial charge in [-0.05, 0) is 15.9 Å². The Labute approximate surface area is 82.0 Å². The summed E-state index contributed by atoms with van der Waals surface area (Å²) in [5, 5.41) is 0. The Balaban J connectivity index is 3.33. The molecule has 13 heavy (non-hydrogen) atoms. The van der Waals surface area contributed by atoms with E-state index in [0.717, 1.165) is 7.11 Å². The quantitative estimate of drug-likeness (QED) is 0.763. The summed E-state index contributed by atoms with van der Waals surface area (Å²) >= 11 is 2.88. The van der Waals surface area contributed by atoms with Crippen molar-refractivity contribution in [2.75, 3.05) is 12.8 Å². The lowest BCUT2D eigenvalue weighted by atomic mass is 10.2. The lowest BCUT2D eigenvalue weighted by Crippen LogP contribution is -2.10. The highest BCUT2D eigenvalue weighted by Gasteiger charge is 2.19. The van der Waals surface area contributed by atoms with Gasteiger partial charge in [0, 0.05) is 6.20 Å². The summed E-state index contributed by atoms with van der Waals surface area (Å²) in [6.07, 6.45) is 1.18. The summed E-state index contributed by atoms with van der Waals surface area (Å²) in [5.41, 5.74) is 4.94. The summed E-state index contributed by atoms with van der Waals surface area (Å²) in [6.45, 7) is 0. The van der Waals surface area contributed by atoms with E-state index in [0.29, 0.717) is 0 Å². The maximum atomic E-state index is 13.2. The van der Waals surface area contributed by atoms with Gasteiger partial charge in [0.05, 0.1) is 11.6 Å². The molecule has 1 heterocycles. The predicted molar refractivity (Wildman–Crippen MR) is 47.6 cm³/mol. The summed E-state index contributed by atoms with van der Waals surface area (Å²) in [4.78, 5) is 14.6. The maximum absolute atomic E-state index is 13.2. The molecule has 0 amide bonds. The molecule has 0 radical (unpaired) electrons. The number of carbonyl (C=O) groups is 1. The smallest absolute Gasteiger partial charge is 0.344 e. The molecular formula is C7H6BrFN2O2. The zero-order valence-electron chi connectivity index (χ0n) is 6.67. The molecule has 1 aromatic rings. The standard InChI is InChI=1S/C7H6BrFN2O2/c1-13-7(12)4-5(9)3(8)2-11-6(4)10/h2H,1H3,(H2,10,11). The Morgan fingerprint density at radius 2 is 2.38 bits per heavy atom. The molecule has 6 heteroatoms. The van der Waals surface area contributed by atoms with E-state index >= 15 is 0 Å². The van der Waals surface area contributed by atoms with Crippen LogP contribution in [0, 0.1) is 5.82 Å². The van der Waals surface area contributed by atoms with Crippen LogP contribution in [0.1, 0.15) is 10.4 Å². The van der Waals surface area contributed by atoms with Gasteiger partial charge in [0.25, 0.3) is 0 Å². The van der Waals surface area contributed by atoms with Gasteiger partial charge in [0.1, 0.15) is 11.4 Å². The molecule has 0 aliphatic heterocycles. The van der Waals surface area contributed by atoms with Gasteiger partial charge in [-0.1, -0.05) is 0 Å². The first kappa shape index (κ1) is 9.91. The second-order valence-corrected chi connectivity index (χ2v) is 3.03. The van der Waals surface area contributed by atoms with Crippen LogP contribution in [-0.4, -0.2) is 18.1 Å². The number of aromatic nitrogens is 1. The number of nitrogens with zero attached hydrogens (tertiary/aromatic N) is 1. The van der Waals surface area contributed by atoms with Crippen LogP contribution >= 0.6 is 15.9 Å². The number of esters is 1. The van der Waals surface area contributed by atoms with E-state index in [4.69, 9.17) is 5.73 Å². The molecule has 0 saturated heterocycles. The average Bonchev–Trinajstić information content (AvgIpc) is 2.12. The second kappa shape index (κ2) is 3.69. The molecule has 0 atom stereocenters. The zero-order chi connectivity index (χ0) is 10.0. The van der Waals surface area contributed by atoms with E-state index in [1.807, 2.05) is 0 Å². The highest BCUT2D eigenvalue weighted by Crippen LogP contribution is 2.22. The van der Waals surface area contributed by atoms with Gasteiger partial charge in [-0.2, -0.15) is 0 Å². The van der Waals surface area contributed by atoms with Gasteiger partial charge in [0.15, 0.2) is 5.82 Å². The van der Waals surface area contributed by atoms with Crippen molar-refractivity contribution in [1.29, 1.82) is 0 Å². The fourth-order valence-electron chi connectivity index (χ4n) is 0.776. The Hall–Kier alpha value is -1.17. The van der Waals surface area contributed by atoms with E-state index in [9.17, 15) is 9.18 Å². The largest absolute Gasteiger partial charge is 0.465 e. The number of ether oxygens (including phenoxy) is 1. The van der Waals surface area contributed by atoms with Crippen molar-refractivity contribution in [2.45, 2.75) is 0 Å². The predicted octanol–water partition coefficient (Wildman–Crippen LogP) is 1.35. The summed E-state index contributed by atoms with van der Waals surface area (Å²) in [6, 6.07) is 0. The number of hydrogen-bond donors (Lipinski definition) is 1. The number of carbonyl (C=O) groups excluding carboxylic acids is 1. The first-order chi connectivity index (χ1) is 6.07. The monoisotopic (exact) mass is 248 g/mol. The van der Waals surface area contributed by atoms with Crippen LogP contribution in [0.4, 0.5) is 10.2 Å². The second-order valence-electron chi connectivity index (χ2n) is 2.17. The van der Waals surface area contributed by atoms with Crippen molar-refractivity contribution < 1.29 is 13.9 Å². The summed E-state index contributed by atoms with van der Waals surface area (Å²) in [5.74, 6) is -1.80. The first-order valence-electron chi connectivity index (χ1n) is 3.25. The summed E-state index contributed by atoms with van der Waals surface area (Å²) < 4.78 is 17.6. The highest BCUT2D eigenvalue weighted by atomic mass is 79.9. The highest BCUT2D eigenvalue weighted by molar-refractivity contribution is 9.10. The Morgan fingerprint density at radius 1 is 1.77 bits per heavy atom. The summed E-state index contributed by atoms with van der Waals surface area (Å²) in [7, 11) is 1.14. The number of anilines is 1. The van der Waals surface area contributed by atoms with Crippen LogP contribution < -0.4 is 5.73 Å². The molecule has 1 rings (SSSR count). The van der Waals surface area contributed by atoms with Crippen LogP contribution in [0.25, 0.3) is 0 Å². The molecule has 0 aromatic carbocycles. The molecule has 0 saturated carbocycles. The third kappa shape index (κ3) is 1.77. The number of nitrogens with two attached hydrogens (primary N) is 1. The van der Waals surface area contributed by atoms with Gasteiger partial charge in [0.2, 0.25) is 0 Å². The number of rotatable bonds is 1. The average molecular weight is 249 g/mol. The minimum atomic E-state index is -0.844. The van der Waals surface area contributed by atoms with Crippen molar-refractivity contribution in [3.05, 3.63) is 22.1 Å². The van der Waals surface area contributed by atoms with Crippen molar-refractivity contribution >= 4 is 27.7 Å².